The average molecular weight is 294 g/mol. The maximum absolute atomic E-state index is 11.9. The van der Waals surface area contributed by atoms with Crippen molar-refractivity contribution in [3.8, 4) is 24.7 Å². The van der Waals surface area contributed by atoms with Gasteiger partial charge in [0, 0.05) is 0 Å². The van der Waals surface area contributed by atoms with Crippen LogP contribution >= 0.6 is 0 Å². The summed E-state index contributed by atoms with van der Waals surface area (Å²) in [6.07, 6.45) is 8.66. The second-order valence-corrected chi connectivity index (χ2v) is 4.81. The van der Waals surface area contributed by atoms with Crippen molar-refractivity contribution < 1.29 is 19.1 Å². The molecule has 2 amide bonds. The zero-order chi connectivity index (χ0) is 16.4. The number of ether oxygens (including phenoxy) is 2. The second-order valence-electron chi connectivity index (χ2n) is 4.81. The number of carbonyl (C=O) groups excluding carboxylic acids is 2. The van der Waals surface area contributed by atoms with Crippen LogP contribution in [0.25, 0.3) is 0 Å². The van der Waals surface area contributed by atoms with Gasteiger partial charge in [-0.1, -0.05) is 11.8 Å². The fourth-order valence-corrected chi connectivity index (χ4v) is 1.32. The van der Waals surface area contributed by atoms with Gasteiger partial charge in [-0.15, -0.1) is 12.8 Å². The van der Waals surface area contributed by atoms with E-state index in [0.29, 0.717) is 0 Å². The number of nitrogens with zero attached hydrogens (tertiary/aromatic N) is 2. The molecule has 0 saturated heterocycles. The number of rotatable bonds is 6. The molecule has 6 nitrogen and oxygen atoms in total. The summed E-state index contributed by atoms with van der Waals surface area (Å²) in [5.41, 5.74) is 0. The summed E-state index contributed by atoms with van der Waals surface area (Å²) in [4.78, 5) is 26.2. The fourth-order valence-electron chi connectivity index (χ4n) is 1.32. The molecule has 116 valence electrons. The third-order valence-corrected chi connectivity index (χ3v) is 2.10. The molecule has 0 atom stereocenters. The van der Waals surface area contributed by atoms with Gasteiger partial charge in [-0.3, -0.25) is 9.80 Å². The van der Waals surface area contributed by atoms with Crippen LogP contribution < -0.4 is 0 Å². The van der Waals surface area contributed by atoms with E-state index in [0.717, 1.165) is 0 Å². The van der Waals surface area contributed by atoms with Crippen molar-refractivity contribution in [2.45, 2.75) is 39.9 Å². The van der Waals surface area contributed by atoms with E-state index in [9.17, 15) is 9.59 Å². The molecule has 0 unspecified atom stereocenters. The summed E-state index contributed by atoms with van der Waals surface area (Å²) >= 11 is 0. The Labute approximate surface area is 126 Å². The van der Waals surface area contributed by atoms with Crippen LogP contribution in [0.5, 0.6) is 0 Å². The standard InChI is InChI=1S/C15H22N2O4/c1-7-9-16(14(18)20-12(3)4)11-17(10-8-2)15(19)21-13(5)6/h1-2,12-13H,9-11H2,3-6H3. The lowest BCUT2D eigenvalue weighted by molar-refractivity contribution is 0.0460. The monoisotopic (exact) mass is 294 g/mol. The summed E-state index contributed by atoms with van der Waals surface area (Å²) in [6, 6.07) is 0. The van der Waals surface area contributed by atoms with Crippen LogP contribution in [0.3, 0.4) is 0 Å². The van der Waals surface area contributed by atoms with Crippen molar-refractivity contribution in [1.29, 1.82) is 0 Å². The lowest BCUT2D eigenvalue weighted by Crippen LogP contribution is -2.46. The molecule has 0 aliphatic heterocycles. The van der Waals surface area contributed by atoms with E-state index >= 15 is 0 Å². The molecule has 0 fully saturated rings. The van der Waals surface area contributed by atoms with Gasteiger partial charge in [0.1, 0.15) is 6.67 Å². The smallest absolute Gasteiger partial charge is 0.412 e. The predicted molar refractivity (Wildman–Crippen MR) is 79.2 cm³/mol. The molecule has 0 aromatic rings. The molecule has 0 saturated carbocycles. The highest BCUT2D eigenvalue weighted by atomic mass is 16.6. The first-order chi connectivity index (χ1) is 9.81. The molecular weight excluding hydrogens is 272 g/mol. The van der Waals surface area contributed by atoms with Gasteiger partial charge in [0.05, 0.1) is 25.3 Å². The van der Waals surface area contributed by atoms with E-state index in [4.69, 9.17) is 22.3 Å². The maximum atomic E-state index is 11.9. The predicted octanol–water partition coefficient (Wildman–Crippen LogP) is 1.90. The molecule has 0 spiro atoms. The van der Waals surface area contributed by atoms with Gasteiger partial charge in [0.25, 0.3) is 0 Å². The number of amides is 2. The zero-order valence-electron chi connectivity index (χ0n) is 13.0. The molecule has 0 aromatic carbocycles. The van der Waals surface area contributed by atoms with Crippen molar-refractivity contribution in [2.75, 3.05) is 19.8 Å². The van der Waals surface area contributed by atoms with Crippen LogP contribution in [0.1, 0.15) is 27.7 Å². The summed E-state index contributed by atoms with van der Waals surface area (Å²) < 4.78 is 10.1. The van der Waals surface area contributed by atoms with Crippen molar-refractivity contribution in [3.63, 3.8) is 0 Å². The van der Waals surface area contributed by atoms with Gasteiger partial charge in [-0.05, 0) is 27.7 Å². The van der Waals surface area contributed by atoms with Crippen molar-refractivity contribution >= 4 is 12.2 Å². The Morgan fingerprint density at radius 3 is 1.48 bits per heavy atom. The number of hydrogen-bond donors (Lipinski definition) is 0. The third-order valence-electron chi connectivity index (χ3n) is 2.10. The first-order valence-corrected chi connectivity index (χ1v) is 6.59. The molecule has 0 aromatic heterocycles. The van der Waals surface area contributed by atoms with Gasteiger partial charge >= 0.3 is 12.2 Å². The van der Waals surface area contributed by atoms with Crippen molar-refractivity contribution in [2.24, 2.45) is 0 Å². The largest absolute Gasteiger partial charge is 0.447 e. The second kappa shape index (κ2) is 9.55. The molecule has 0 heterocycles. The Kier molecular flexibility index (Phi) is 8.48. The van der Waals surface area contributed by atoms with Gasteiger partial charge in [-0.25, -0.2) is 9.59 Å². The molecular formula is C15H22N2O4. The normalized spacial score (nSPS) is 9.71. The van der Waals surface area contributed by atoms with Crippen LogP contribution in [0.2, 0.25) is 0 Å². The fraction of sp³-hybridized carbons (Fsp3) is 0.600. The molecule has 0 rings (SSSR count). The minimum absolute atomic E-state index is 0.00157. The molecule has 0 N–H and O–H groups in total. The maximum Gasteiger partial charge on any atom is 0.412 e. The minimum Gasteiger partial charge on any atom is -0.447 e. The van der Waals surface area contributed by atoms with Crippen LogP contribution in [0.4, 0.5) is 9.59 Å². The Balaban J connectivity index is 4.90. The van der Waals surface area contributed by atoms with Crippen LogP contribution in [-0.2, 0) is 9.47 Å². The van der Waals surface area contributed by atoms with Gasteiger partial charge in [0.15, 0.2) is 0 Å². The Hall–Kier alpha value is -2.34. The third kappa shape index (κ3) is 7.74. The number of carbonyl (C=O) groups is 2. The van der Waals surface area contributed by atoms with Gasteiger partial charge < -0.3 is 9.47 Å². The summed E-state index contributed by atoms with van der Waals surface area (Å²) in [5, 5.41) is 0. The number of terminal acetylenes is 2. The molecule has 0 radical (unpaired) electrons. The Morgan fingerprint density at radius 1 is 0.905 bits per heavy atom. The zero-order valence-corrected chi connectivity index (χ0v) is 13.0. The summed E-state index contributed by atoms with van der Waals surface area (Å²) in [5.74, 6) is 4.69. The topological polar surface area (TPSA) is 59.1 Å². The van der Waals surface area contributed by atoms with Crippen molar-refractivity contribution in [1.82, 2.24) is 9.80 Å². The molecule has 21 heavy (non-hydrogen) atoms. The molecule has 0 bridgehead atoms. The highest BCUT2D eigenvalue weighted by Gasteiger charge is 2.23. The van der Waals surface area contributed by atoms with E-state index < -0.39 is 12.2 Å². The lowest BCUT2D eigenvalue weighted by atomic mass is 10.5. The van der Waals surface area contributed by atoms with Gasteiger partial charge in [0.2, 0.25) is 0 Å². The highest BCUT2D eigenvalue weighted by molar-refractivity contribution is 5.71. The average Bonchev–Trinajstić information content (AvgIpc) is 2.35. The van der Waals surface area contributed by atoms with Crippen LogP contribution in [0, 0.1) is 24.7 Å². The summed E-state index contributed by atoms with van der Waals surface area (Å²) in [6.45, 7) is 6.79. The quantitative estimate of drug-likeness (QED) is 0.554. The highest BCUT2D eigenvalue weighted by Crippen LogP contribution is 2.04. The molecule has 0 aliphatic rings. The van der Waals surface area contributed by atoms with E-state index in [2.05, 4.69) is 11.8 Å². The van der Waals surface area contributed by atoms with Crippen LogP contribution in [0.15, 0.2) is 0 Å². The first-order valence-electron chi connectivity index (χ1n) is 6.59. The van der Waals surface area contributed by atoms with E-state index in [-0.39, 0.29) is 32.0 Å². The first kappa shape index (κ1) is 18.7. The minimum atomic E-state index is -0.609. The SMILES string of the molecule is C#CCN(CN(CC#C)C(=O)OC(C)C)C(=O)OC(C)C. The van der Waals surface area contributed by atoms with E-state index in [1.807, 2.05) is 0 Å². The van der Waals surface area contributed by atoms with E-state index in [1.54, 1.807) is 27.7 Å². The van der Waals surface area contributed by atoms with Crippen LogP contribution in [-0.4, -0.2) is 54.0 Å². The molecule has 6 heteroatoms. The summed E-state index contributed by atoms with van der Waals surface area (Å²) in [7, 11) is 0. The number of hydrogen-bond acceptors (Lipinski definition) is 4. The Morgan fingerprint density at radius 2 is 1.24 bits per heavy atom. The lowest BCUT2D eigenvalue weighted by Gasteiger charge is -2.28. The van der Waals surface area contributed by atoms with Crippen molar-refractivity contribution in [3.05, 3.63) is 0 Å². The van der Waals surface area contributed by atoms with Gasteiger partial charge in [-0.2, -0.15) is 0 Å². The van der Waals surface area contributed by atoms with E-state index in [1.165, 1.54) is 9.80 Å². The molecule has 0 aliphatic carbocycles. The Bertz CT molecular complexity index is 392.